The number of carbonyl (C=O) groups is 2. The second-order valence-electron chi connectivity index (χ2n) is 8.86. The lowest BCUT2D eigenvalue weighted by Gasteiger charge is -2.24. The van der Waals surface area contributed by atoms with Crippen LogP contribution in [0, 0.1) is 0 Å². The summed E-state index contributed by atoms with van der Waals surface area (Å²) >= 11 is 0. The van der Waals surface area contributed by atoms with Gasteiger partial charge in [-0.25, -0.2) is 13.2 Å². The lowest BCUT2D eigenvalue weighted by Crippen LogP contribution is -2.34. The molecule has 2 aromatic carbocycles. The second-order valence-corrected chi connectivity index (χ2v) is 8.86. The molecule has 0 saturated carbocycles. The number of rotatable bonds is 8. The van der Waals surface area contributed by atoms with Gasteiger partial charge in [-0.2, -0.15) is 13.2 Å². The fraction of sp³-hybridized carbons (Fsp3) is 0.385. The molecular weight excluding hydrogens is 534 g/mol. The van der Waals surface area contributed by atoms with Gasteiger partial charge in [0.25, 0.3) is 11.8 Å². The molecule has 39 heavy (non-hydrogen) atoms. The predicted octanol–water partition coefficient (Wildman–Crippen LogP) is 3.98. The smallest absolute Gasteiger partial charge is 0.417 e. The first kappa shape index (κ1) is 30.0. The van der Waals surface area contributed by atoms with Crippen LogP contribution in [0.15, 0.2) is 48.5 Å². The number of nitrogens with one attached hydrogen (secondary N) is 1. The van der Waals surface area contributed by atoms with Crippen LogP contribution >= 0.6 is 0 Å². The zero-order chi connectivity index (χ0) is 29.0. The maximum atomic E-state index is 15.2. The van der Waals surface area contributed by atoms with Gasteiger partial charge in [0.2, 0.25) is 5.91 Å². The maximum Gasteiger partial charge on any atom is 0.417 e. The summed E-state index contributed by atoms with van der Waals surface area (Å²) < 4.78 is 90.3. The topological polar surface area (TPSA) is 99.1 Å². The Bertz CT molecular complexity index is 1230. The van der Waals surface area contributed by atoms with Crippen LogP contribution in [0.5, 0.6) is 5.75 Å². The largest absolute Gasteiger partial charge is 0.491 e. The molecule has 7 nitrogen and oxygen atoms in total. The standard InChI is InChI=1S/C26H26F6N2O5/c1-15(27)14-39-17-6-7-19(21(10-17)26(30,31)32)24(38)34-9-8-25(28,29)20(18-4-2-3-5-22(18)34)11-23(37)33-12-16(36)13-35/h2-7,10-11,15-16,35-36H,8-9,12-14H2,1H3,(H,33,37)/t15-,16+/m1/s1. The first-order valence-corrected chi connectivity index (χ1v) is 11.8. The Morgan fingerprint density at radius 1 is 1.21 bits per heavy atom. The normalized spacial score (nSPS) is 17.7. The Kier molecular flexibility index (Phi) is 9.28. The third kappa shape index (κ3) is 7.30. The van der Waals surface area contributed by atoms with E-state index >= 15 is 8.78 Å². The molecule has 1 aliphatic heterocycles. The minimum absolute atomic E-state index is 0.145. The Balaban J connectivity index is 2.04. The zero-order valence-electron chi connectivity index (χ0n) is 20.6. The van der Waals surface area contributed by atoms with E-state index in [4.69, 9.17) is 9.84 Å². The number of aliphatic hydroxyl groups excluding tert-OH is 2. The van der Waals surface area contributed by atoms with E-state index in [0.29, 0.717) is 12.1 Å². The summed E-state index contributed by atoms with van der Waals surface area (Å²) in [7, 11) is 0. The van der Waals surface area contributed by atoms with Gasteiger partial charge in [0.05, 0.1) is 29.5 Å². The molecule has 1 heterocycles. The minimum atomic E-state index is -5.02. The number of para-hydroxylation sites is 1. The van der Waals surface area contributed by atoms with Gasteiger partial charge in [-0.3, -0.25) is 9.59 Å². The summed E-state index contributed by atoms with van der Waals surface area (Å²) in [6.07, 6.45) is -8.22. The molecule has 2 atom stereocenters. The number of halogens is 6. The van der Waals surface area contributed by atoms with E-state index in [1.165, 1.54) is 24.3 Å². The van der Waals surface area contributed by atoms with E-state index in [1.807, 2.05) is 0 Å². The number of nitrogens with zero attached hydrogens (tertiary/aromatic N) is 1. The van der Waals surface area contributed by atoms with Gasteiger partial charge in [0.1, 0.15) is 18.5 Å². The summed E-state index contributed by atoms with van der Waals surface area (Å²) in [5.41, 5.74) is -3.39. The summed E-state index contributed by atoms with van der Waals surface area (Å²) in [5, 5.41) is 20.4. The van der Waals surface area contributed by atoms with Crippen molar-refractivity contribution in [1.29, 1.82) is 0 Å². The molecular formula is C26H26F6N2O5. The molecule has 0 fully saturated rings. The van der Waals surface area contributed by atoms with E-state index in [1.54, 1.807) is 0 Å². The fourth-order valence-electron chi connectivity index (χ4n) is 3.89. The Labute approximate surface area is 219 Å². The quantitative estimate of drug-likeness (QED) is 0.335. The molecule has 1 aliphatic rings. The van der Waals surface area contributed by atoms with Crippen molar-refractivity contribution >= 4 is 23.1 Å². The van der Waals surface area contributed by atoms with Crippen LogP contribution in [0.1, 0.15) is 34.8 Å². The third-order valence-electron chi connectivity index (χ3n) is 5.78. The van der Waals surface area contributed by atoms with E-state index in [-0.39, 0.29) is 17.0 Å². The molecule has 0 aromatic heterocycles. The highest BCUT2D eigenvalue weighted by Gasteiger charge is 2.43. The van der Waals surface area contributed by atoms with Crippen molar-refractivity contribution in [3.8, 4) is 5.75 Å². The van der Waals surface area contributed by atoms with E-state index in [0.717, 1.165) is 24.0 Å². The van der Waals surface area contributed by atoms with E-state index in [9.17, 15) is 32.3 Å². The number of ether oxygens (including phenoxy) is 1. The number of carbonyl (C=O) groups excluding carboxylic acids is 2. The third-order valence-corrected chi connectivity index (χ3v) is 5.78. The maximum absolute atomic E-state index is 15.2. The molecule has 0 saturated heterocycles. The molecule has 212 valence electrons. The minimum Gasteiger partial charge on any atom is -0.491 e. The molecule has 0 unspecified atom stereocenters. The van der Waals surface area contributed by atoms with Gasteiger partial charge in [-0.1, -0.05) is 18.2 Å². The van der Waals surface area contributed by atoms with E-state index < -0.39 is 85.6 Å². The monoisotopic (exact) mass is 560 g/mol. The van der Waals surface area contributed by atoms with Crippen LogP contribution in [0.3, 0.4) is 0 Å². The SMILES string of the molecule is C[C@@H](F)COc1ccc(C(=O)N2CCC(F)(F)C(=CC(=O)NC[C@H](O)CO)c3ccccc32)c(C(F)(F)F)c1. The average Bonchev–Trinajstić information content (AvgIpc) is 2.98. The summed E-state index contributed by atoms with van der Waals surface area (Å²) in [6.45, 7) is -1.13. The number of benzene rings is 2. The molecule has 2 aromatic rings. The summed E-state index contributed by atoms with van der Waals surface area (Å²) in [6, 6.07) is 7.68. The number of amides is 2. The highest BCUT2D eigenvalue weighted by atomic mass is 19.4. The summed E-state index contributed by atoms with van der Waals surface area (Å²) in [5.74, 6) is -6.21. The molecule has 0 radical (unpaired) electrons. The Morgan fingerprint density at radius 3 is 2.54 bits per heavy atom. The van der Waals surface area contributed by atoms with Crippen LogP contribution < -0.4 is 15.0 Å². The highest BCUT2D eigenvalue weighted by Crippen LogP contribution is 2.44. The Hall–Kier alpha value is -3.58. The molecule has 0 aliphatic carbocycles. The molecule has 3 N–H and O–H groups in total. The van der Waals surface area contributed by atoms with Gasteiger partial charge in [-0.15, -0.1) is 0 Å². The number of hydrogen-bond acceptors (Lipinski definition) is 5. The fourth-order valence-corrected chi connectivity index (χ4v) is 3.89. The van der Waals surface area contributed by atoms with Gasteiger partial charge in [-0.05, 0) is 31.2 Å². The van der Waals surface area contributed by atoms with Crippen molar-refractivity contribution in [2.24, 2.45) is 0 Å². The Morgan fingerprint density at radius 2 is 1.90 bits per heavy atom. The summed E-state index contributed by atoms with van der Waals surface area (Å²) in [4.78, 5) is 26.5. The van der Waals surface area contributed by atoms with Crippen LogP contribution in [-0.4, -0.2) is 66.5 Å². The van der Waals surface area contributed by atoms with Crippen LogP contribution in [0.4, 0.5) is 32.0 Å². The molecule has 0 spiro atoms. The van der Waals surface area contributed by atoms with Gasteiger partial charge in [0, 0.05) is 36.7 Å². The van der Waals surface area contributed by atoms with E-state index in [2.05, 4.69) is 5.32 Å². The van der Waals surface area contributed by atoms with Gasteiger partial charge in [0.15, 0.2) is 0 Å². The van der Waals surface area contributed by atoms with Crippen molar-refractivity contribution in [3.05, 3.63) is 65.2 Å². The first-order valence-electron chi connectivity index (χ1n) is 11.8. The molecule has 2 amide bonds. The predicted molar refractivity (Wildman–Crippen MR) is 129 cm³/mol. The number of aliphatic hydroxyl groups is 2. The number of anilines is 1. The van der Waals surface area contributed by atoms with Crippen LogP contribution in [0.2, 0.25) is 0 Å². The zero-order valence-corrected chi connectivity index (χ0v) is 20.6. The lowest BCUT2D eigenvalue weighted by atomic mass is 9.97. The van der Waals surface area contributed by atoms with Crippen LogP contribution in [0.25, 0.3) is 5.57 Å². The van der Waals surface area contributed by atoms with Crippen molar-refractivity contribution in [1.82, 2.24) is 5.32 Å². The van der Waals surface area contributed by atoms with Crippen molar-refractivity contribution in [2.45, 2.75) is 37.7 Å². The molecule has 0 bridgehead atoms. The average molecular weight is 560 g/mol. The van der Waals surface area contributed by atoms with Gasteiger partial charge >= 0.3 is 6.18 Å². The molecule has 13 heteroatoms. The van der Waals surface area contributed by atoms with Crippen molar-refractivity contribution < 1.29 is 50.9 Å². The van der Waals surface area contributed by atoms with Crippen LogP contribution in [-0.2, 0) is 11.0 Å². The number of hydrogen-bond donors (Lipinski definition) is 3. The number of alkyl halides is 6. The van der Waals surface area contributed by atoms with Crippen molar-refractivity contribution in [2.75, 3.05) is 31.2 Å². The van der Waals surface area contributed by atoms with Crippen molar-refractivity contribution in [3.63, 3.8) is 0 Å². The first-order chi connectivity index (χ1) is 18.2. The number of allylic oxidation sites excluding steroid dienone is 1. The second kappa shape index (κ2) is 12.1. The highest BCUT2D eigenvalue weighted by molar-refractivity contribution is 6.10. The number of fused-ring (bicyclic) bond motifs is 1. The lowest BCUT2D eigenvalue weighted by molar-refractivity contribution is -0.138. The van der Waals surface area contributed by atoms with Gasteiger partial charge < -0.3 is 25.2 Å². The molecule has 3 rings (SSSR count).